The lowest BCUT2D eigenvalue weighted by molar-refractivity contribution is -0.120. The quantitative estimate of drug-likeness (QED) is 0.792. The maximum atomic E-state index is 11.7. The molecular formula is C13H19NO2S. The Morgan fingerprint density at radius 2 is 2.29 bits per heavy atom. The molecule has 3 nitrogen and oxygen atoms in total. The third-order valence-electron chi connectivity index (χ3n) is 2.27. The largest absolute Gasteiger partial charge is 0.497 e. The van der Waals surface area contributed by atoms with Gasteiger partial charge in [-0.15, -0.1) is 11.8 Å². The van der Waals surface area contributed by atoms with E-state index in [-0.39, 0.29) is 11.2 Å². The van der Waals surface area contributed by atoms with Crippen molar-refractivity contribution in [2.24, 2.45) is 0 Å². The Labute approximate surface area is 107 Å². The molecule has 0 aliphatic carbocycles. The molecule has 1 aromatic carbocycles. The number of nitrogens with one attached hydrogen (secondary N) is 1. The number of benzene rings is 1. The Morgan fingerprint density at radius 1 is 1.53 bits per heavy atom. The number of amides is 1. The second kappa shape index (κ2) is 7.22. The lowest BCUT2D eigenvalue weighted by atomic mass is 10.3. The first kappa shape index (κ1) is 13.9. The van der Waals surface area contributed by atoms with Crippen LogP contribution in [0.2, 0.25) is 0 Å². The summed E-state index contributed by atoms with van der Waals surface area (Å²) in [6, 6.07) is 7.74. The molecule has 1 unspecified atom stereocenters. The minimum Gasteiger partial charge on any atom is -0.497 e. The molecule has 1 N–H and O–H groups in total. The highest BCUT2D eigenvalue weighted by Gasteiger charge is 2.13. The van der Waals surface area contributed by atoms with E-state index < -0.39 is 0 Å². The van der Waals surface area contributed by atoms with Crippen molar-refractivity contribution in [3.8, 4) is 5.75 Å². The number of methoxy groups -OCH3 is 1. The average Bonchev–Trinajstić information content (AvgIpc) is 2.36. The molecule has 4 heteroatoms. The van der Waals surface area contributed by atoms with Gasteiger partial charge < -0.3 is 10.1 Å². The molecule has 0 aliphatic rings. The van der Waals surface area contributed by atoms with Crippen LogP contribution in [0.1, 0.15) is 20.3 Å². The SMILES string of the molecule is CCCNC(=O)C(C)Sc1cccc(OC)c1. The van der Waals surface area contributed by atoms with Gasteiger partial charge in [0.1, 0.15) is 5.75 Å². The highest BCUT2D eigenvalue weighted by atomic mass is 32.2. The summed E-state index contributed by atoms with van der Waals surface area (Å²) in [7, 11) is 1.64. The van der Waals surface area contributed by atoms with Gasteiger partial charge in [0, 0.05) is 11.4 Å². The maximum absolute atomic E-state index is 11.7. The van der Waals surface area contributed by atoms with Crippen molar-refractivity contribution < 1.29 is 9.53 Å². The van der Waals surface area contributed by atoms with Crippen LogP contribution in [0.25, 0.3) is 0 Å². The molecule has 94 valence electrons. The van der Waals surface area contributed by atoms with Crippen LogP contribution in [0.3, 0.4) is 0 Å². The number of hydrogen-bond donors (Lipinski definition) is 1. The number of ether oxygens (including phenoxy) is 1. The third-order valence-corrected chi connectivity index (χ3v) is 3.37. The van der Waals surface area contributed by atoms with Gasteiger partial charge in [-0.1, -0.05) is 13.0 Å². The summed E-state index contributed by atoms with van der Waals surface area (Å²) in [5, 5.41) is 2.80. The summed E-state index contributed by atoms with van der Waals surface area (Å²) in [5.41, 5.74) is 0. The molecule has 0 aliphatic heterocycles. The molecule has 1 aromatic rings. The normalized spacial score (nSPS) is 11.9. The molecule has 0 heterocycles. The maximum Gasteiger partial charge on any atom is 0.233 e. The molecule has 1 amide bonds. The Hall–Kier alpha value is -1.16. The molecule has 0 fully saturated rings. The Kier molecular flexibility index (Phi) is 5.91. The zero-order valence-electron chi connectivity index (χ0n) is 10.5. The van der Waals surface area contributed by atoms with E-state index in [0.29, 0.717) is 0 Å². The van der Waals surface area contributed by atoms with Crippen molar-refractivity contribution >= 4 is 17.7 Å². The molecule has 0 bridgehead atoms. The van der Waals surface area contributed by atoms with E-state index in [1.807, 2.05) is 38.1 Å². The first-order valence-corrected chi connectivity index (χ1v) is 6.63. The number of hydrogen-bond acceptors (Lipinski definition) is 3. The Morgan fingerprint density at radius 3 is 2.94 bits per heavy atom. The average molecular weight is 253 g/mol. The first-order valence-electron chi connectivity index (χ1n) is 5.75. The fourth-order valence-electron chi connectivity index (χ4n) is 1.32. The van der Waals surface area contributed by atoms with Crippen LogP contribution in [-0.4, -0.2) is 24.8 Å². The number of carbonyl (C=O) groups excluding carboxylic acids is 1. The van der Waals surface area contributed by atoms with Crippen LogP contribution in [0.5, 0.6) is 5.75 Å². The van der Waals surface area contributed by atoms with E-state index in [0.717, 1.165) is 23.6 Å². The van der Waals surface area contributed by atoms with Crippen LogP contribution < -0.4 is 10.1 Å². The molecule has 0 saturated heterocycles. The van der Waals surface area contributed by atoms with Crippen LogP contribution in [0.15, 0.2) is 29.2 Å². The van der Waals surface area contributed by atoms with Crippen molar-refractivity contribution in [1.29, 1.82) is 0 Å². The van der Waals surface area contributed by atoms with E-state index in [9.17, 15) is 4.79 Å². The number of rotatable bonds is 6. The summed E-state index contributed by atoms with van der Waals surface area (Å²) in [6.07, 6.45) is 0.961. The smallest absolute Gasteiger partial charge is 0.233 e. The molecule has 0 saturated carbocycles. The van der Waals surface area contributed by atoms with Crippen LogP contribution in [0.4, 0.5) is 0 Å². The van der Waals surface area contributed by atoms with Gasteiger partial charge in [-0.05, 0) is 31.5 Å². The van der Waals surface area contributed by atoms with E-state index in [2.05, 4.69) is 5.32 Å². The van der Waals surface area contributed by atoms with Gasteiger partial charge in [0.2, 0.25) is 5.91 Å². The summed E-state index contributed by atoms with van der Waals surface area (Å²) in [5.74, 6) is 0.899. The fourth-order valence-corrected chi connectivity index (χ4v) is 2.26. The van der Waals surface area contributed by atoms with Crippen LogP contribution >= 0.6 is 11.8 Å². The van der Waals surface area contributed by atoms with E-state index in [1.54, 1.807) is 7.11 Å². The predicted octanol–water partition coefficient (Wildman–Crippen LogP) is 2.70. The van der Waals surface area contributed by atoms with Crippen molar-refractivity contribution in [2.75, 3.05) is 13.7 Å². The topological polar surface area (TPSA) is 38.3 Å². The van der Waals surface area contributed by atoms with Gasteiger partial charge in [0.15, 0.2) is 0 Å². The number of carbonyl (C=O) groups is 1. The second-order valence-corrected chi connectivity index (χ2v) is 5.14. The molecule has 0 spiro atoms. The highest BCUT2D eigenvalue weighted by Crippen LogP contribution is 2.26. The Bertz CT molecular complexity index is 368. The summed E-state index contributed by atoms with van der Waals surface area (Å²) in [4.78, 5) is 12.7. The Balaban J connectivity index is 2.54. The van der Waals surface area contributed by atoms with Crippen molar-refractivity contribution in [2.45, 2.75) is 30.4 Å². The minimum atomic E-state index is -0.0892. The van der Waals surface area contributed by atoms with Crippen molar-refractivity contribution in [3.05, 3.63) is 24.3 Å². The second-order valence-electron chi connectivity index (χ2n) is 3.73. The van der Waals surface area contributed by atoms with E-state index in [4.69, 9.17) is 4.74 Å². The molecule has 1 atom stereocenters. The van der Waals surface area contributed by atoms with Crippen molar-refractivity contribution in [3.63, 3.8) is 0 Å². The first-order chi connectivity index (χ1) is 8.17. The van der Waals surface area contributed by atoms with Gasteiger partial charge in [0.05, 0.1) is 12.4 Å². The minimum absolute atomic E-state index is 0.0830. The monoisotopic (exact) mass is 253 g/mol. The van der Waals surface area contributed by atoms with Crippen molar-refractivity contribution in [1.82, 2.24) is 5.32 Å². The van der Waals surface area contributed by atoms with Gasteiger partial charge in [-0.2, -0.15) is 0 Å². The van der Waals surface area contributed by atoms with Gasteiger partial charge >= 0.3 is 0 Å². The molecule has 17 heavy (non-hydrogen) atoms. The van der Waals surface area contributed by atoms with Crippen LogP contribution in [-0.2, 0) is 4.79 Å². The fraction of sp³-hybridized carbons (Fsp3) is 0.462. The van der Waals surface area contributed by atoms with Gasteiger partial charge in [-0.3, -0.25) is 4.79 Å². The summed E-state index contributed by atoms with van der Waals surface area (Å²) in [6.45, 7) is 4.69. The van der Waals surface area contributed by atoms with Crippen LogP contribution in [0, 0.1) is 0 Å². The lowest BCUT2D eigenvalue weighted by Gasteiger charge is -2.11. The molecule has 0 aromatic heterocycles. The van der Waals surface area contributed by atoms with E-state index in [1.165, 1.54) is 11.8 Å². The van der Waals surface area contributed by atoms with Gasteiger partial charge in [0.25, 0.3) is 0 Å². The zero-order chi connectivity index (χ0) is 12.7. The summed E-state index contributed by atoms with van der Waals surface area (Å²) < 4.78 is 5.15. The zero-order valence-corrected chi connectivity index (χ0v) is 11.3. The molecule has 0 radical (unpaired) electrons. The highest BCUT2D eigenvalue weighted by molar-refractivity contribution is 8.00. The number of thioether (sulfide) groups is 1. The lowest BCUT2D eigenvalue weighted by Crippen LogP contribution is -2.31. The predicted molar refractivity (Wildman–Crippen MR) is 71.6 cm³/mol. The third kappa shape index (κ3) is 4.69. The molecular weight excluding hydrogens is 234 g/mol. The molecule has 1 rings (SSSR count). The summed E-state index contributed by atoms with van der Waals surface area (Å²) >= 11 is 1.54. The van der Waals surface area contributed by atoms with E-state index >= 15 is 0 Å². The van der Waals surface area contributed by atoms with Gasteiger partial charge in [-0.25, -0.2) is 0 Å². The standard InChI is InChI=1S/C13H19NO2S/c1-4-8-14-13(15)10(2)17-12-7-5-6-11(9-12)16-3/h5-7,9-10H,4,8H2,1-3H3,(H,14,15).